The Morgan fingerprint density at radius 2 is 1.81 bits per heavy atom. The highest BCUT2D eigenvalue weighted by atomic mass is 16.2. The third kappa shape index (κ3) is 4.47. The number of aromatic amines is 1. The van der Waals surface area contributed by atoms with Gasteiger partial charge in [0.25, 0.3) is 5.91 Å². The number of carbonyl (C=O) groups is 2. The fourth-order valence-electron chi connectivity index (χ4n) is 2.72. The lowest BCUT2D eigenvalue weighted by atomic mass is 10.2. The second-order valence-electron chi connectivity index (χ2n) is 6.18. The lowest BCUT2D eigenvalue weighted by Gasteiger charge is -2.15. The van der Waals surface area contributed by atoms with E-state index in [2.05, 4.69) is 15.3 Å². The Morgan fingerprint density at radius 1 is 1.08 bits per heavy atom. The molecule has 1 aromatic heterocycles. The van der Waals surface area contributed by atoms with Gasteiger partial charge in [-0.25, -0.2) is 4.98 Å². The molecule has 134 valence electrons. The Hall–Kier alpha value is -3.15. The summed E-state index contributed by atoms with van der Waals surface area (Å²) in [5.74, 6) is 0.674. The highest BCUT2D eigenvalue weighted by molar-refractivity contribution is 5.94. The first-order chi connectivity index (χ1) is 12.6. The predicted octanol–water partition coefficient (Wildman–Crippen LogP) is 2.73. The summed E-state index contributed by atoms with van der Waals surface area (Å²) in [5.41, 5.74) is 2.49. The zero-order valence-corrected chi connectivity index (χ0v) is 14.7. The van der Waals surface area contributed by atoms with E-state index >= 15 is 0 Å². The largest absolute Gasteiger partial charge is 0.352 e. The van der Waals surface area contributed by atoms with Crippen molar-refractivity contribution in [1.82, 2.24) is 20.2 Å². The molecule has 0 radical (unpaired) electrons. The van der Waals surface area contributed by atoms with Crippen LogP contribution >= 0.6 is 0 Å². The quantitative estimate of drug-likeness (QED) is 0.643. The van der Waals surface area contributed by atoms with E-state index in [1.165, 1.54) is 0 Å². The maximum atomic E-state index is 12.2. The van der Waals surface area contributed by atoms with E-state index < -0.39 is 0 Å². The van der Waals surface area contributed by atoms with Crippen molar-refractivity contribution in [2.45, 2.75) is 19.4 Å². The number of nitrogens with zero attached hydrogens (tertiary/aromatic N) is 2. The van der Waals surface area contributed by atoms with Crippen molar-refractivity contribution in [3.63, 3.8) is 0 Å². The molecule has 0 aliphatic heterocycles. The van der Waals surface area contributed by atoms with Crippen LogP contribution in [-0.2, 0) is 11.3 Å². The number of imidazole rings is 1. The van der Waals surface area contributed by atoms with E-state index in [4.69, 9.17) is 0 Å². The highest BCUT2D eigenvalue weighted by Gasteiger charge is 2.12. The van der Waals surface area contributed by atoms with Crippen molar-refractivity contribution in [2.75, 3.05) is 13.6 Å². The van der Waals surface area contributed by atoms with Gasteiger partial charge in [0.2, 0.25) is 5.91 Å². The van der Waals surface area contributed by atoms with Gasteiger partial charge < -0.3 is 15.2 Å². The Labute approximate surface area is 152 Å². The molecule has 0 fully saturated rings. The first kappa shape index (κ1) is 17.7. The molecule has 6 heteroatoms. The summed E-state index contributed by atoms with van der Waals surface area (Å²) in [6.07, 6.45) is 0.980. The van der Waals surface area contributed by atoms with Gasteiger partial charge in [0.15, 0.2) is 0 Å². The average molecular weight is 350 g/mol. The highest BCUT2D eigenvalue weighted by Crippen LogP contribution is 2.11. The maximum absolute atomic E-state index is 12.2. The molecule has 2 N–H and O–H groups in total. The number of hydrogen-bond donors (Lipinski definition) is 2. The van der Waals surface area contributed by atoms with E-state index in [1.807, 2.05) is 42.5 Å². The number of hydrogen-bond acceptors (Lipinski definition) is 3. The van der Waals surface area contributed by atoms with Gasteiger partial charge in [-0.05, 0) is 30.7 Å². The topological polar surface area (TPSA) is 78.1 Å². The predicted molar refractivity (Wildman–Crippen MR) is 101 cm³/mol. The van der Waals surface area contributed by atoms with Crippen LogP contribution in [0.2, 0.25) is 0 Å². The Kier molecular flexibility index (Phi) is 5.63. The minimum Gasteiger partial charge on any atom is -0.352 e. The summed E-state index contributed by atoms with van der Waals surface area (Å²) in [6, 6.07) is 16.8. The normalized spacial score (nSPS) is 10.7. The van der Waals surface area contributed by atoms with Crippen molar-refractivity contribution in [2.24, 2.45) is 0 Å². The van der Waals surface area contributed by atoms with Gasteiger partial charge in [0.1, 0.15) is 5.82 Å². The molecule has 0 aliphatic rings. The zero-order valence-electron chi connectivity index (χ0n) is 14.7. The number of aromatic nitrogens is 2. The lowest BCUT2D eigenvalue weighted by molar-refractivity contribution is -0.130. The second kappa shape index (κ2) is 8.29. The third-order valence-corrected chi connectivity index (χ3v) is 4.14. The fourth-order valence-corrected chi connectivity index (χ4v) is 2.72. The van der Waals surface area contributed by atoms with Crippen LogP contribution in [0.3, 0.4) is 0 Å². The molecular weight excluding hydrogens is 328 g/mol. The molecule has 3 aromatic rings. The summed E-state index contributed by atoms with van der Waals surface area (Å²) in [4.78, 5) is 33.5. The summed E-state index contributed by atoms with van der Waals surface area (Å²) < 4.78 is 0. The number of benzene rings is 2. The number of nitrogens with one attached hydrogen (secondary N) is 2. The van der Waals surface area contributed by atoms with Crippen LogP contribution in [-0.4, -0.2) is 40.3 Å². The molecule has 1 heterocycles. The number of rotatable bonds is 7. The minimum atomic E-state index is -0.117. The molecule has 2 amide bonds. The SMILES string of the molecule is CN(Cc1nc2ccccc2[nH]1)C(=O)CCCNC(=O)c1ccccc1. The molecular formula is C20H22N4O2. The number of amides is 2. The van der Waals surface area contributed by atoms with Crippen molar-refractivity contribution < 1.29 is 9.59 Å². The van der Waals surface area contributed by atoms with Crippen LogP contribution in [0.25, 0.3) is 11.0 Å². The van der Waals surface area contributed by atoms with Gasteiger partial charge in [-0.15, -0.1) is 0 Å². The molecule has 0 unspecified atom stereocenters. The van der Waals surface area contributed by atoms with Crippen LogP contribution in [0.4, 0.5) is 0 Å². The molecule has 0 atom stereocenters. The number of para-hydroxylation sites is 2. The minimum absolute atomic E-state index is 0.0272. The van der Waals surface area contributed by atoms with E-state index in [9.17, 15) is 9.59 Å². The summed E-state index contributed by atoms with van der Waals surface area (Å²) >= 11 is 0. The second-order valence-corrected chi connectivity index (χ2v) is 6.18. The molecule has 3 rings (SSSR count). The first-order valence-corrected chi connectivity index (χ1v) is 8.64. The van der Waals surface area contributed by atoms with Gasteiger partial charge >= 0.3 is 0 Å². The molecule has 2 aromatic carbocycles. The van der Waals surface area contributed by atoms with Crippen molar-refractivity contribution in [3.05, 3.63) is 66.0 Å². The smallest absolute Gasteiger partial charge is 0.251 e. The summed E-state index contributed by atoms with van der Waals surface area (Å²) in [6.45, 7) is 0.905. The van der Waals surface area contributed by atoms with Gasteiger partial charge in [-0.2, -0.15) is 0 Å². The standard InChI is InChI=1S/C20H22N4O2/c1-24(14-18-22-16-10-5-6-11-17(16)23-18)19(25)12-7-13-21-20(26)15-8-3-2-4-9-15/h2-6,8-11H,7,12-14H2,1H3,(H,21,26)(H,22,23). The van der Waals surface area contributed by atoms with Gasteiger partial charge in [-0.3, -0.25) is 9.59 Å². The van der Waals surface area contributed by atoms with Crippen LogP contribution in [0.15, 0.2) is 54.6 Å². The monoisotopic (exact) mass is 350 g/mol. The third-order valence-electron chi connectivity index (χ3n) is 4.14. The van der Waals surface area contributed by atoms with E-state index in [0.717, 1.165) is 16.9 Å². The Morgan fingerprint density at radius 3 is 2.58 bits per heavy atom. The number of fused-ring (bicyclic) bond motifs is 1. The molecule has 0 spiro atoms. The van der Waals surface area contributed by atoms with Crippen molar-refractivity contribution in [3.8, 4) is 0 Å². The number of carbonyl (C=O) groups excluding carboxylic acids is 2. The Balaban J connectivity index is 1.42. The van der Waals surface area contributed by atoms with Gasteiger partial charge in [0.05, 0.1) is 17.6 Å². The summed E-state index contributed by atoms with van der Waals surface area (Å²) in [7, 11) is 1.76. The van der Waals surface area contributed by atoms with Crippen LogP contribution in [0.5, 0.6) is 0 Å². The van der Waals surface area contributed by atoms with E-state index in [1.54, 1.807) is 24.1 Å². The molecule has 0 saturated heterocycles. The summed E-state index contributed by atoms with van der Waals surface area (Å²) in [5, 5.41) is 2.83. The molecule has 0 aliphatic carbocycles. The molecule has 6 nitrogen and oxygen atoms in total. The van der Waals surface area contributed by atoms with Crippen LogP contribution in [0, 0.1) is 0 Å². The lowest BCUT2D eigenvalue weighted by Crippen LogP contribution is -2.29. The zero-order chi connectivity index (χ0) is 18.4. The Bertz CT molecular complexity index is 856. The van der Waals surface area contributed by atoms with Crippen molar-refractivity contribution >= 4 is 22.8 Å². The fraction of sp³-hybridized carbons (Fsp3) is 0.250. The molecule has 0 bridgehead atoms. The van der Waals surface area contributed by atoms with Crippen molar-refractivity contribution in [1.29, 1.82) is 0 Å². The maximum Gasteiger partial charge on any atom is 0.251 e. The molecule has 26 heavy (non-hydrogen) atoms. The number of H-pyrrole nitrogens is 1. The van der Waals surface area contributed by atoms with Crippen LogP contribution < -0.4 is 5.32 Å². The van der Waals surface area contributed by atoms with E-state index in [0.29, 0.717) is 31.5 Å². The van der Waals surface area contributed by atoms with Gasteiger partial charge in [-0.1, -0.05) is 30.3 Å². The van der Waals surface area contributed by atoms with E-state index in [-0.39, 0.29) is 11.8 Å². The average Bonchev–Trinajstić information content (AvgIpc) is 3.07. The van der Waals surface area contributed by atoms with Gasteiger partial charge in [0, 0.05) is 25.6 Å². The van der Waals surface area contributed by atoms with Crippen LogP contribution in [0.1, 0.15) is 29.0 Å². The first-order valence-electron chi connectivity index (χ1n) is 8.64. The molecule has 0 saturated carbocycles.